The lowest BCUT2D eigenvalue weighted by atomic mass is 10.1. The van der Waals surface area contributed by atoms with E-state index in [2.05, 4.69) is 21.3 Å². The van der Waals surface area contributed by atoms with Crippen molar-refractivity contribution >= 4 is 71.2 Å². The van der Waals surface area contributed by atoms with Crippen molar-refractivity contribution in [1.29, 1.82) is 0 Å². The lowest BCUT2D eigenvalue weighted by Gasteiger charge is -2.21. The van der Waals surface area contributed by atoms with Gasteiger partial charge in [-0.2, -0.15) is 0 Å². The SMILES string of the molecule is CC.CC(=O)O.CC(=O)O.CC(=O)O.Cc1cccc(C(=O)NCCCCN(CC(=O)O)C(=O)CCNC(=O)CCNC(=O)CCNC(=O)c2cccc(C(=O)ON3C(=O)CCC3=O)c2)c1. The molecule has 1 saturated heterocycles. The largest absolute Gasteiger partial charge is 0.481 e. The van der Waals surface area contributed by atoms with Crippen LogP contribution in [0, 0.1) is 6.92 Å². The molecule has 0 spiro atoms. The average molecular weight is 933 g/mol. The van der Waals surface area contributed by atoms with E-state index >= 15 is 0 Å². The Morgan fingerprint density at radius 2 is 1.03 bits per heavy atom. The summed E-state index contributed by atoms with van der Waals surface area (Å²) >= 11 is 0. The molecular weight excluding hydrogens is 872 g/mol. The molecule has 66 heavy (non-hydrogen) atoms. The number of nitrogens with one attached hydrogen (secondary N) is 4. The third-order valence-electron chi connectivity index (χ3n) is 7.61. The van der Waals surface area contributed by atoms with Crippen LogP contribution in [-0.2, 0) is 48.0 Å². The van der Waals surface area contributed by atoms with Crippen LogP contribution in [0.25, 0.3) is 0 Å². The maximum atomic E-state index is 12.6. The Hall–Kier alpha value is -7.72. The van der Waals surface area contributed by atoms with Crippen LogP contribution in [0.4, 0.5) is 0 Å². The summed E-state index contributed by atoms with van der Waals surface area (Å²) in [5.41, 5.74) is 1.51. The van der Waals surface area contributed by atoms with Gasteiger partial charge in [0.15, 0.2) is 0 Å². The van der Waals surface area contributed by atoms with Crippen molar-refractivity contribution in [3.05, 3.63) is 70.8 Å². The fourth-order valence-electron chi connectivity index (χ4n) is 4.90. The molecule has 2 aromatic carbocycles. The lowest BCUT2D eigenvalue weighted by Crippen LogP contribution is -2.39. The molecule has 0 radical (unpaired) electrons. The number of imide groups is 1. The normalized spacial score (nSPS) is 10.8. The molecule has 1 fully saturated rings. The summed E-state index contributed by atoms with van der Waals surface area (Å²) in [6.07, 6.45) is 0.541. The molecule has 23 nitrogen and oxygen atoms in total. The standard InChI is InChI=1S/C35H42N6O11.3C2H4O2.C2H6/c1-23-6-4-7-24(20-23)33(49)38-15-2-3-19-40(22-32(47)48)29(44)14-18-37-27(42)12-16-36-28(43)13-17-39-34(50)25-8-5-9-26(21-25)35(51)52-41-30(45)10-11-31(41)46;3*1-2(3)4;1-2/h4-9,20-21H,2-3,10-19,22H2,1H3,(H,36,43)(H,37,42)(H,38,49)(H,39,50)(H,47,48);3*1H3,(H,3,4);1-2H3. The van der Waals surface area contributed by atoms with E-state index in [9.17, 15) is 48.3 Å². The van der Waals surface area contributed by atoms with Crippen molar-refractivity contribution in [3.8, 4) is 0 Å². The van der Waals surface area contributed by atoms with E-state index in [-0.39, 0.29) is 75.3 Å². The molecule has 1 aliphatic rings. The van der Waals surface area contributed by atoms with Crippen LogP contribution in [0.15, 0.2) is 48.5 Å². The van der Waals surface area contributed by atoms with E-state index in [0.29, 0.717) is 30.0 Å². The molecule has 0 aliphatic carbocycles. The Balaban J connectivity index is 0. The number of carboxylic acid groups (broad SMARTS) is 4. The minimum Gasteiger partial charge on any atom is -0.481 e. The van der Waals surface area contributed by atoms with Gasteiger partial charge in [-0.25, -0.2) is 4.79 Å². The van der Waals surface area contributed by atoms with E-state index in [4.69, 9.17) is 34.5 Å². The van der Waals surface area contributed by atoms with Crippen molar-refractivity contribution in [2.45, 2.75) is 86.5 Å². The number of carbonyl (C=O) groups is 12. The van der Waals surface area contributed by atoms with Gasteiger partial charge in [0.2, 0.25) is 17.7 Å². The Morgan fingerprint density at radius 3 is 1.52 bits per heavy atom. The highest BCUT2D eigenvalue weighted by Gasteiger charge is 2.33. The number of hydrogen-bond acceptors (Lipinski definition) is 13. The van der Waals surface area contributed by atoms with Crippen molar-refractivity contribution < 1.29 is 82.8 Å². The fraction of sp³-hybridized carbons (Fsp3) is 0.442. The van der Waals surface area contributed by atoms with Gasteiger partial charge in [-0.3, -0.25) is 52.7 Å². The first kappa shape index (κ1) is 60.4. The van der Waals surface area contributed by atoms with Crippen molar-refractivity contribution in [1.82, 2.24) is 31.2 Å². The van der Waals surface area contributed by atoms with Gasteiger partial charge in [-0.15, -0.1) is 5.06 Å². The van der Waals surface area contributed by atoms with E-state index < -0.39 is 71.8 Å². The summed E-state index contributed by atoms with van der Waals surface area (Å²) < 4.78 is 0. The van der Waals surface area contributed by atoms with Gasteiger partial charge in [-0.1, -0.05) is 37.6 Å². The molecule has 23 heteroatoms. The second kappa shape index (κ2) is 34.7. The second-order valence-electron chi connectivity index (χ2n) is 13.3. The molecule has 0 atom stereocenters. The number of benzene rings is 2. The minimum atomic E-state index is -1.18. The van der Waals surface area contributed by atoms with Crippen molar-refractivity contribution in [3.63, 3.8) is 0 Å². The molecular formula is C43H60N6O17. The first-order chi connectivity index (χ1) is 31.0. The van der Waals surface area contributed by atoms with Crippen LogP contribution >= 0.6 is 0 Å². The number of aliphatic carboxylic acids is 4. The van der Waals surface area contributed by atoms with Crippen molar-refractivity contribution in [2.75, 3.05) is 39.3 Å². The van der Waals surface area contributed by atoms with Gasteiger partial charge in [0.25, 0.3) is 41.5 Å². The van der Waals surface area contributed by atoms with Crippen LogP contribution in [0.5, 0.6) is 0 Å². The van der Waals surface area contributed by atoms with E-state index in [1.54, 1.807) is 18.2 Å². The number of aryl methyl sites for hydroxylation is 1. The van der Waals surface area contributed by atoms with Crippen LogP contribution < -0.4 is 21.3 Å². The number of nitrogens with zero attached hydrogens (tertiary/aromatic N) is 2. The number of carbonyl (C=O) groups excluding carboxylic acids is 8. The van der Waals surface area contributed by atoms with Gasteiger partial charge in [0.05, 0.1) is 5.56 Å². The molecule has 0 saturated carbocycles. The predicted molar refractivity (Wildman–Crippen MR) is 233 cm³/mol. The van der Waals surface area contributed by atoms with Gasteiger partial charge >= 0.3 is 11.9 Å². The summed E-state index contributed by atoms with van der Waals surface area (Å²) in [7, 11) is 0. The number of unbranched alkanes of at least 4 members (excludes halogenated alkanes) is 1. The number of hydrogen-bond donors (Lipinski definition) is 8. The molecule has 2 aromatic rings. The maximum absolute atomic E-state index is 12.6. The Bertz CT molecular complexity index is 1930. The van der Waals surface area contributed by atoms with Crippen LogP contribution in [-0.4, -0.2) is 141 Å². The van der Waals surface area contributed by atoms with E-state index in [0.717, 1.165) is 26.3 Å². The molecule has 1 heterocycles. The Labute approximate surface area is 381 Å². The molecule has 0 unspecified atom stereocenters. The highest BCUT2D eigenvalue weighted by molar-refractivity contribution is 6.03. The van der Waals surface area contributed by atoms with Crippen LogP contribution in [0.3, 0.4) is 0 Å². The summed E-state index contributed by atoms with van der Waals surface area (Å²) in [6.45, 7) is 9.05. The first-order valence-electron chi connectivity index (χ1n) is 20.5. The van der Waals surface area contributed by atoms with Gasteiger partial charge in [0.1, 0.15) is 6.54 Å². The first-order valence-corrected chi connectivity index (χ1v) is 20.5. The fourth-order valence-corrected chi connectivity index (χ4v) is 4.90. The van der Waals surface area contributed by atoms with Gasteiger partial charge in [0, 0.05) is 96.7 Å². The van der Waals surface area contributed by atoms with Gasteiger partial charge < -0.3 is 51.4 Å². The number of carboxylic acids is 4. The monoisotopic (exact) mass is 932 g/mol. The molecule has 3 rings (SSSR count). The molecule has 8 N–H and O–H groups in total. The maximum Gasteiger partial charge on any atom is 0.363 e. The quantitative estimate of drug-likeness (QED) is 0.0693. The minimum absolute atomic E-state index is 0.00963. The molecule has 0 aromatic heterocycles. The molecule has 364 valence electrons. The van der Waals surface area contributed by atoms with Crippen LogP contribution in [0.2, 0.25) is 0 Å². The molecule has 1 aliphatic heterocycles. The topological polar surface area (TPSA) is 350 Å². The van der Waals surface area contributed by atoms with Crippen molar-refractivity contribution in [2.24, 2.45) is 0 Å². The lowest BCUT2D eigenvalue weighted by molar-refractivity contribution is -0.172. The summed E-state index contributed by atoms with van der Waals surface area (Å²) in [5.74, 6) is -8.08. The highest BCUT2D eigenvalue weighted by atomic mass is 16.7. The highest BCUT2D eigenvalue weighted by Crippen LogP contribution is 2.15. The van der Waals surface area contributed by atoms with Crippen LogP contribution in [0.1, 0.15) is 116 Å². The third kappa shape index (κ3) is 30.3. The summed E-state index contributed by atoms with van der Waals surface area (Å²) in [4.78, 5) is 142. The number of hydroxylamine groups is 2. The summed E-state index contributed by atoms with van der Waals surface area (Å²) in [5, 5.41) is 42.3. The average Bonchev–Trinajstić information content (AvgIpc) is 3.55. The van der Waals surface area contributed by atoms with E-state index in [1.165, 1.54) is 29.2 Å². The third-order valence-corrected chi connectivity index (χ3v) is 7.61. The zero-order chi connectivity index (χ0) is 50.8. The predicted octanol–water partition coefficient (Wildman–Crippen LogP) is 1.77. The second-order valence-corrected chi connectivity index (χ2v) is 13.3. The molecule has 0 bridgehead atoms. The summed E-state index contributed by atoms with van der Waals surface area (Å²) in [6, 6.07) is 12.6. The smallest absolute Gasteiger partial charge is 0.363 e. The number of rotatable bonds is 20. The number of amides is 7. The zero-order valence-corrected chi connectivity index (χ0v) is 37.8. The zero-order valence-electron chi connectivity index (χ0n) is 37.8. The molecule has 7 amide bonds. The van der Waals surface area contributed by atoms with Gasteiger partial charge in [-0.05, 0) is 50.1 Å². The van der Waals surface area contributed by atoms with E-state index in [1.807, 2.05) is 26.8 Å². The Morgan fingerprint density at radius 1 is 0.606 bits per heavy atom. The Kier molecular flexibility index (Phi) is 31.8.